The zero-order valence-electron chi connectivity index (χ0n) is 11.3. The highest BCUT2D eigenvalue weighted by Crippen LogP contribution is 2.33. The fourth-order valence-corrected chi connectivity index (χ4v) is 3.34. The molecule has 1 atom stereocenters. The molecule has 6 heteroatoms. The lowest BCUT2D eigenvalue weighted by molar-refractivity contribution is 0.380. The van der Waals surface area contributed by atoms with Crippen LogP contribution >= 0.6 is 15.9 Å². The molecule has 0 bridgehead atoms. The van der Waals surface area contributed by atoms with Crippen LogP contribution in [0.25, 0.3) is 11.4 Å². The minimum absolute atomic E-state index is 0.265. The zero-order valence-corrected chi connectivity index (χ0v) is 12.9. The highest BCUT2D eigenvalue weighted by Gasteiger charge is 2.23. The Morgan fingerprint density at radius 2 is 2.35 bits per heavy atom. The van der Waals surface area contributed by atoms with Gasteiger partial charge >= 0.3 is 0 Å². The Balaban J connectivity index is 1.87. The van der Waals surface area contributed by atoms with Gasteiger partial charge in [-0.15, -0.1) is 0 Å². The Morgan fingerprint density at radius 1 is 1.50 bits per heavy atom. The largest absolute Gasteiger partial charge is 0.338 e. The highest BCUT2D eigenvalue weighted by atomic mass is 79.9. The SMILES string of the molecule is CN1CCC(c2ccc(-c3noc(CN)n3)cc2Br)C1. The zero-order chi connectivity index (χ0) is 14.1. The van der Waals surface area contributed by atoms with Crippen molar-refractivity contribution in [2.75, 3.05) is 20.1 Å². The van der Waals surface area contributed by atoms with Gasteiger partial charge in [0.25, 0.3) is 0 Å². The number of likely N-dealkylation sites (N-methyl/N-ethyl adjacent to an activating group) is 1. The average Bonchev–Trinajstić information content (AvgIpc) is 3.07. The lowest BCUT2D eigenvalue weighted by atomic mass is 9.97. The average molecular weight is 337 g/mol. The molecule has 1 fully saturated rings. The van der Waals surface area contributed by atoms with E-state index in [4.69, 9.17) is 10.3 Å². The van der Waals surface area contributed by atoms with Gasteiger partial charge in [0.15, 0.2) is 0 Å². The maximum atomic E-state index is 5.48. The van der Waals surface area contributed by atoms with Crippen molar-refractivity contribution in [1.82, 2.24) is 15.0 Å². The minimum atomic E-state index is 0.265. The monoisotopic (exact) mass is 336 g/mol. The van der Waals surface area contributed by atoms with Crippen molar-refractivity contribution in [2.24, 2.45) is 5.73 Å². The van der Waals surface area contributed by atoms with Gasteiger partial charge in [0.05, 0.1) is 6.54 Å². The summed E-state index contributed by atoms with van der Waals surface area (Å²) in [7, 11) is 2.16. The van der Waals surface area contributed by atoms with Crippen LogP contribution in [-0.2, 0) is 6.54 Å². The lowest BCUT2D eigenvalue weighted by Crippen LogP contribution is -2.13. The summed E-state index contributed by atoms with van der Waals surface area (Å²) in [4.78, 5) is 6.61. The molecule has 20 heavy (non-hydrogen) atoms. The molecule has 2 aromatic rings. The van der Waals surface area contributed by atoms with Gasteiger partial charge in [0.2, 0.25) is 11.7 Å². The molecule has 1 aliphatic heterocycles. The molecule has 5 nitrogen and oxygen atoms in total. The van der Waals surface area contributed by atoms with Gasteiger partial charge in [-0.05, 0) is 37.6 Å². The van der Waals surface area contributed by atoms with E-state index in [0.29, 0.717) is 17.6 Å². The first kappa shape index (κ1) is 13.7. The molecule has 1 aliphatic rings. The van der Waals surface area contributed by atoms with Crippen LogP contribution in [0.2, 0.25) is 0 Å². The molecule has 0 saturated carbocycles. The van der Waals surface area contributed by atoms with Crippen LogP contribution in [0, 0.1) is 0 Å². The number of nitrogens with zero attached hydrogens (tertiary/aromatic N) is 3. The molecular formula is C14H17BrN4O. The van der Waals surface area contributed by atoms with Gasteiger partial charge in [-0.1, -0.05) is 33.2 Å². The normalized spacial score (nSPS) is 19.6. The smallest absolute Gasteiger partial charge is 0.240 e. The third-order valence-corrected chi connectivity index (χ3v) is 4.42. The molecule has 0 radical (unpaired) electrons. The summed E-state index contributed by atoms with van der Waals surface area (Å²) >= 11 is 3.67. The Bertz CT molecular complexity index is 613. The predicted octanol–water partition coefficient (Wildman–Crippen LogP) is 2.38. The molecule has 106 valence electrons. The number of hydrogen-bond acceptors (Lipinski definition) is 5. The van der Waals surface area contributed by atoms with E-state index in [1.807, 2.05) is 6.07 Å². The number of aromatic nitrogens is 2. The van der Waals surface area contributed by atoms with Gasteiger partial charge in [-0.3, -0.25) is 0 Å². The first-order valence-electron chi connectivity index (χ1n) is 6.68. The Kier molecular flexibility index (Phi) is 3.87. The van der Waals surface area contributed by atoms with Gasteiger partial charge < -0.3 is 15.2 Å². The summed E-state index contributed by atoms with van der Waals surface area (Å²) in [5.41, 5.74) is 7.77. The fourth-order valence-electron chi connectivity index (χ4n) is 2.64. The molecule has 0 aliphatic carbocycles. The molecule has 1 aromatic heterocycles. The predicted molar refractivity (Wildman–Crippen MR) is 80.2 cm³/mol. The summed E-state index contributed by atoms with van der Waals surface area (Å²) in [6.45, 7) is 2.53. The molecule has 1 unspecified atom stereocenters. The second-order valence-electron chi connectivity index (χ2n) is 5.20. The van der Waals surface area contributed by atoms with E-state index in [9.17, 15) is 0 Å². The second kappa shape index (κ2) is 5.63. The standard InChI is InChI=1S/C14H17BrN4O/c1-19-5-4-10(8-19)11-3-2-9(6-12(11)15)14-17-13(7-16)20-18-14/h2-3,6,10H,4-5,7-8,16H2,1H3. The molecule has 2 N–H and O–H groups in total. The Hall–Kier alpha value is -1.24. The maximum Gasteiger partial charge on any atom is 0.240 e. The number of halogens is 1. The van der Waals surface area contributed by atoms with E-state index in [1.165, 1.54) is 12.0 Å². The summed E-state index contributed by atoms with van der Waals surface area (Å²) < 4.78 is 6.15. The molecule has 1 saturated heterocycles. The van der Waals surface area contributed by atoms with Crippen LogP contribution in [0.3, 0.4) is 0 Å². The summed E-state index contributed by atoms with van der Waals surface area (Å²) in [5.74, 6) is 1.63. The molecule has 3 rings (SSSR count). The summed E-state index contributed by atoms with van der Waals surface area (Å²) in [5, 5.41) is 3.94. The van der Waals surface area contributed by atoms with Crippen molar-refractivity contribution in [2.45, 2.75) is 18.9 Å². The van der Waals surface area contributed by atoms with Crippen LogP contribution in [0.5, 0.6) is 0 Å². The quantitative estimate of drug-likeness (QED) is 0.931. The highest BCUT2D eigenvalue weighted by molar-refractivity contribution is 9.10. The summed E-state index contributed by atoms with van der Waals surface area (Å²) in [6.07, 6.45) is 1.20. The first-order chi connectivity index (χ1) is 9.67. The van der Waals surface area contributed by atoms with Crippen molar-refractivity contribution >= 4 is 15.9 Å². The maximum absolute atomic E-state index is 5.48. The Morgan fingerprint density at radius 3 is 2.95 bits per heavy atom. The minimum Gasteiger partial charge on any atom is -0.338 e. The van der Waals surface area contributed by atoms with E-state index in [0.717, 1.165) is 23.1 Å². The number of rotatable bonds is 3. The number of nitrogens with two attached hydrogens (primary N) is 1. The van der Waals surface area contributed by atoms with E-state index >= 15 is 0 Å². The molecule has 1 aromatic carbocycles. The van der Waals surface area contributed by atoms with Crippen molar-refractivity contribution in [3.63, 3.8) is 0 Å². The van der Waals surface area contributed by atoms with E-state index in [-0.39, 0.29) is 6.54 Å². The third-order valence-electron chi connectivity index (χ3n) is 3.73. The molecule has 0 spiro atoms. The van der Waals surface area contributed by atoms with E-state index in [2.05, 4.69) is 50.2 Å². The van der Waals surface area contributed by atoms with Crippen LogP contribution < -0.4 is 5.73 Å². The van der Waals surface area contributed by atoms with Gasteiger partial charge in [-0.2, -0.15) is 4.98 Å². The number of hydrogen-bond donors (Lipinski definition) is 1. The molecule has 2 heterocycles. The fraction of sp³-hybridized carbons (Fsp3) is 0.429. The van der Waals surface area contributed by atoms with Crippen molar-refractivity contribution < 1.29 is 4.52 Å². The van der Waals surface area contributed by atoms with Crippen LogP contribution in [-0.4, -0.2) is 35.2 Å². The van der Waals surface area contributed by atoms with Crippen molar-refractivity contribution in [1.29, 1.82) is 0 Å². The third kappa shape index (κ3) is 2.63. The van der Waals surface area contributed by atoms with Crippen LogP contribution in [0.1, 0.15) is 23.8 Å². The first-order valence-corrected chi connectivity index (χ1v) is 7.47. The van der Waals surface area contributed by atoms with Gasteiger partial charge in [-0.25, -0.2) is 0 Å². The number of benzene rings is 1. The van der Waals surface area contributed by atoms with Crippen molar-refractivity contribution in [3.05, 3.63) is 34.1 Å². The van der Waals surface area contributed by atoms with E-state index in [1.54, 1.807) is 0 Å². The van der Waals surface area contributed by atoms with Gasteiger partial charge in [0, 0.05) is 16.6 Å². The second-order valence-corrected chi connectivity index (χ2v) is 6.05. The number of likely N-dealkylation sites (tertiary alicyclic amines) is 1. The summed E-state index contributed by atoms with van der Waals surface area (Å²) in [6, 6.07) is 6.25. The van der Waals surface area contributed by atoms with Crippen molar-refractivity contribution in [3.8, 4) is 11.4 Å². The van der Waals surface area contributed by atoms with Crippen LogP contribution in [0.4, 0.5) is 0 Å². The van der Waals surface area contributed by atoms with Crippen LogP contribution in [0.15, 0.2) is 27.2 Å². The molecular weight excluding hydrogens is 320 g/mol. The molecule has 0 amide bonds. The Labute approximate surface area is 126 Å². The lowest BCUT2D eigenvalue weighted by Gasteiger charge is -2.13. The van der Waals surface area contributed by atoms with E-state index < -0.39 is 0 Å². The van der Waals surface area contributed by atoms with Gasteiger partial charge in [0.1, 0.15) is 0 Å². The topological polar surface area (TPSA) is 68.2 Å².